The van der Waals surface area contributed by atoms with Crippen molar-refractivity contribution in [1.29, 1.82) is 0 Å². The fourth-order valence-electron chi connectivity index (χ4n) is 4.42. The van der Waals surface area contributed by atoms with E-state index in [9.17, 15) is 9.59 Å². The van der Waals surface area contributed by atoms with Crippen molar-refractivity contribution in [2.75, 3.05) is 39.4 Å². The number of likely N-dealkylation sites (N-methyl/N-ethyl adjacent to an activating group) is 1. The molecule has 1 aromatic heterocycles. The predicted molar refractivity (Wildman–Crippen MR) is 115 cm³/mol. The van der Waals surface area contributed by atoms with E-state index in [4.69, 9.17) is 9.47 Å². The number of aromatic nitrogens is 2. The topological polar surface area (TPSA) is 87.8 Å². The summed E-state index contributed by atoms with van der Waals surface area (Å²) in [5.41, 5.74) is 0.588. The number of nitrogens with zero attached hydrogens (tertiary/aromatic N) is 3. The van der Waals surface area contributed by atoms with E-state index < -0.39 is 5.60 Å². The van der Waals surface area contributed by atoms with E-state index >= 15 is 0 Å². The second kappa shape index (κ2) is 9.51. The first kappa shape index (κ1) is 21.4. The highest BCUT2D eigenvalue weighted by Gasteiger charge is 2.46. The van der Waals surface area contributed by atoms with Gasteiger partial charge in [-0.05, 0) is 50.3 Å². The Labute approximate surface area is 182 Å². The van der Waals surface area contributed by atoms with E-state index in [1.807, 2.05) is 25.1 Å². The number of aryl methyl sites for hydroxylation is 1. The normalized spacial score (nSPS) is 22.9. The molecule has 0 saturated carbocycles. The fraction of sp³-hybridized carbons (Fsp3) is 0.522. The molecule has 8 nitrogen and oxygen atoms in total. The molecule has 0 bridgehead atoms. The second-order valence-corrected chi connectivity index (χ2v) is 8.09. The number of carbonyl (C=O) groups excluding carboxylic acids is 2. The lowest BCUT2D eigenvalue weighted by atomic mass is 9.91. The molecule has 1 aromatic carbocycles. The van der Waals surface area contributed by atoms with Gasteiger partial charge in [0.05, 0.1) is 19.7 Å². The van der Waals surface area contributed by atoms with E-state index in [1.54, 1.807) is 22.1 Å². The number of morpholine rings is 1. The standard InChI is InChI=1S/C23H30N4O4/c1-2-26-13-15-30-20-9-4-3-7-18(20)8-5-6-11-23(22(26)29)17-27(14-16-31-23)21(28)19-10-12-24-25-19/h3-4,7,9-10,12H,2,5-6,8,11,13-17H2,1H3,(H,24,25). The van der Waals surface area contributed by atoms with Crippen LogP contribution in [-0.2, 0) is 16.0 Å². The van der Waals surface area contributed by atoms with Crippen molar-refractivity contribution in [3.05, 3.63) is 47.8 Å². The minimum atomic E-state index is -1.03. The number of nitrogens with one attached hydrogen (secondary N) is 1. The number of amides is 2. The lowest BCUT2D eigenvalue weighted by Crippen LogP contribution is -2.62. The summed E-state index contributed by atoms with van der Waals surface area (Å²) in [4.78, 5) is 30.1. The number of para-hydroxylation sites is 1. The van der Waals surface area contributed by atoms with E-state index in [0.29, 0.717) is 45.0 Å². The number of H-pyrrole nitrogens is 1. The number of hydrogen-bond acceptors (Lipinski definition) is 5. The first-order valence-corrected chi connectivity index (χ1v) is 11.1. The molecule has 1 saturated heterocycles. The van der Waals surface area contributed by atoms with Crippen LogP contribution in [0.5, 0.6) is 5.75 Å². The van der Waals surface area contributed by atoms with Crippen LogP contribution in [0.1, 0.15) is 42.2 Å². The number of ether oxygens (including phenoxy) is 2. The third-order valence-corrected chi connectivity index (χ3v) is 6.13. The zero-order chi connectivity index (χ0) is 21.7. The van der Waals surface area contributed by atoms with Gasteiger partial charge in [0.25, 0.3) is 11.8 Å². The molecule has 2 aromatic rings. The number of fused-ring (bicyclic) bond motifs is 1. The summed E-state index contributed by atoms with van der Waals surface area (Å²) in [6.45, 7) is 4.45. The Balaban J connectivity index is 1.56. The van der Waals surface area contributed by atoms with Crippen molar-refractivity contribution in [3.63, 3.8) is 0 Å². The lowest BCUT2D eigenvalue weighted by Gasteiger charge is -2.44. The first-order valence-electron chi connectivity index (χ1n) is 11.1. The maximum absolute atomic E-state index is 13.7. The van der Waals surface area contributed by atoms with Crippen LogP contribution in [-0.4, -0.2) is 76.8 Å². The SMILES string of the molecule is CCN1CCOc2ccccc2CCCCC2(CN(C(=O)c3ccn[nH]3)CCO2)C1=O. The summed E-state index contributed by atoms with van der Waals surface area (Å²) < 4.78 is 12.2. The molecule has 2 aliphatic heterocycles. The van der Waals surface area contributed by atoms with Crippen molar-refractivity contribution < 1.29 is 19.1 Å². The Morgan fingerprint density at radius 2 is 2.06 bits per heavy atom. The lowest BCUT2D eigenvalue weighted by molar-refractivity contribution is -0.170. The number of rotatable bonds is 2. The Bertz CT molecular complexity index is 901. The van der Waals surface area contributed by atoms with Crippen LogP contribution in [0.15, 0.2) is 36.5 Å². The van der Waals surface area contributed by atoms with E-state index in [0.717, 1.165) is 25.0 Å². The monoisotopic (exact) mass is 426 g/mol. The number of aromatic amines is 1. The second-order valence-electron chi connectivity index (χ2n) is 8.09. The van der Waals surface area contributed by atoms with Crippen molar-refractivity contribution in [3.8, 4) is 5.75 Å². The number of benzene rings is 1. The molecule has 1 atom stereocenters. The van der Waals surface area contributed by atoms with Gasteiger partial charge in [0, 0.05) is 19.3 Å². The maximum Gasteiger partial charge on any atom is 0.272 e. The van der Waals surface area contributed by atoms with Gasteiger partial charge in [-0.25, -0.2) is 0 Å². The van der Waals surface area contributed by atoms with Gasteiger partial charge in [0.2, 0.25) is 0 Å². The van der Waals surface area contributed by atoms with Gasteiger partial charge in [0.1, 0.15) is 18.1 Å². The van der Waals surface area contributed by atoms with Gasteiger partial charge in [-0.3, -0.25) is 14.7 Å². The predicted octanol–water partition coefficient (Wildman–Crippen LogP) is 2.27. The Hall–Kier alpha value is -2.87. The molecule has 1 fully saturated rings. The first-order chi connectivity index (χ1) is 15.1. The smallest absolute Gasteiger partial charge is 0.272 e. The van der Waals surface area contributed by atoms with E-state index in [1.165, 1.54) is 5.56 Å². The highest BCUT2D eigenvalue weighted by Crippen LogP contribution is 2.30. The fourth-order valence-corrected chi connectivity index (χ4v) is 4.42. The maximum atomic E-state index is 13.7. The minimum Gasteiger partial charge on any atom is -0.491 e. The number of carbonyl (C=O) groups is 2. The van der Waals surface area contributed by atoms with Crippen LogP contribution >= 0.6 is 0 Å². The molecule has 0 radical (unpaired) electrons. The Kier molecular flexibility index (Phi) is 6.56. The van der Waals surface area contributed by atoms with Crippen molar-refractivity contribution in [2.24, 2.45) is 0 Å². The molecule has 1 spiro atoms. The molecular formula is C23H30N4O4. The van der Waals surface area contributed by atoms with Crippen molar-refractivity contribution in [2.45, 2.75) is 38.2 Å². The molecule has 31 heavy (non-hydrogen) atoms. The Morgan fingerprint density at radius 3 is 2.87 bits per heavy atom. The van der Waals surface area contributed by atoms with Crippen molar-refractivity contribution >= 4 is 11.8 Å². The molecule has 8 heteroatoms. The number of hydrogen-bond donors (Lipinski definition) is 1. The zero-order valence-electron chi connectivity index (χ0n) is 18.0. The third kappa shape index (κ3) is 4.58. The van der Waals surface area contributed by atoms with E-state index in [-0.39, 0.29) is 18.4 Å². The Morgan fingerprint density at radius 1 is 1.19 bits per heavy atom. The van der Waals surface area contributed by atoms with Gasteiger partial charge < -0.3 is 19.3 Å². The summed E-state index contributed by atoms with van der Waals surface area (Å²) in [6.07, 6.45) is 4.76. The molecule has 3 heterocycles. The summed E-state index contributed by atoms with van der Waals surface area (Å²) in [6, 6.07) is 9.75. The molecule has 1 N–H and O–H groups in total. The summed E-state index contributed by atoms with van der Waals surface area (Å²) in [7, 11) is 0. The summed E-state index contributed by atoms with van der Waals surface area (Å²) in [5.74, 6) is 0.681. The largest absolute Gasteiger partial charge is 0.491 e. The molecule has 166 valence electrons. The molecule has 4 rings (SSSR count). The quantitative estimate of drug-likeness (QED) is 0.796. The van der Waals surface area contributed by atoms with Gasteiger partial charge in [0.15, 0.2) is 5.60 Å². The van der Waals surface area contributed by atoms with Crippen LogP contribution in [0.25, 0.3) is 0 Å². The third-order valence-electron chi connectivity index (χ3n) is 6.13. The van der Waals surface area contributed by atoms with Gasteiger partial charge in [-0.1, -0.05) is 18.2 Å². The van der Waals surface area contributed by atoms with Crippen LogP contribution in [0.2, 0.25) is 0 Å². The average molecular weight is 427 g/mol. The minimum absolute atomic E-state index is 0.0606. The zero-order valence-corrected chi connectivity index (χ0v) is 18.0. The molecular weight excluding hydrogens is 396 g/mol. The van der Waals surface area contributed by atoms with Crippen LogP contribution in [0.4, 0.5) is 0 Å². The molecule has 2 amide bonds. The van der Waals surface area contributed by atoms with Crippen molar-refractivity contribution in [1.82, 2.24) is 20.0 Å². The van der Waals surface area contributed by atoms with E-state index in [2.05, 4.69) is 16.3 Å². The van der Waals surface area contributed by atoms with Gasteiger partial charge in [-0.2, -0.15) is 5.10 Å². The van der Waals surface area contributed by atoms with Gasteiger partial charge >= 0.3 is 0 Å². The van der Waals surface area contributed by atoms with Crippen LogP contribution in [0.3, 0.4) is 0 Å². The molecule has 2 aliphatic rings. The van der Waals surface area contributed by atoms with Gasteiger partial charge in [-0.15, -0.1) is 0 Å². The summed E-state index contributed by atoms with van der Waals surface area (Å²) in [5, 5.41) is 6.61. The van der Waals surface area contributed by atoms with Crippen LogP contribution in [0, 0.1) is 0 Å². The highest BCUT2D eigenvalue weighted by atomic mass is 16.5. The molecule has 0 aliphatic carbocycles. The highest BCUT2D eigenvalue weighted by molar-refractivity contribution is 5.93. The summed E-state index contributed by atoms with van der Waals surface area (Å²) >= 11 is 0. The average Bonchev–Trinajstić information content (AvgIpc) is 3.34. The van der Waals surface area contributed by atoms with Crippen LogP contribution < -0.4 is 4.74 Å². The molecule has 1 unspecified atom stereocenters.